The van der Waals surface area contributed by atoms with Gasteiger partial charge in [0.15, 0.2) is 11.7 Å². The highest BCUT2D eigenvalue weighted by Crippen LogP contribution is 2.29. The van der Waals surface area contributed by atoms with Crippen molar-refractivity contribution in [3.63, 3.8) is 0 Å². The highest BCUT2D eigenvalue weighted by molar-refractivity contribution is 6.68. The predicted octanol–water partition coefficient (Wildman–Crippen LogP) is -1.51. The quantitative estimate of drug-likeness (QED) is 0.534. The molecule has 110 valence electrons. The number of rotatable bonds is 2. The van der Waals surface area contributed by atoms with Crippen LogP contribution < -0.4 is 5.73 Å². The van der Waals surface area contributed by atoms with E-state index >= 15 is 0 Å². The van der Waals surface area contributed by atoms with Crippen LogP contribution in [0.5, 0.6) is 0 Å². The Balaban J connectivity index is 1.84. The van der Waals surface area contributed by atoms with Gasteiger partial charge in [-0.1, -0.05) is 0 Å². The Hall–Kier alpha value is -1.65. The molecule has 1 saturated heterocycles. The molecule has 4 N–H and O–H groups in total. The highest BCUT2D eigenvalue weighted by Gasteiger charge is 2.45. The molecule has 3 heterocycles. The number of nitrogens with zero attached hydrogens (tertiary/aromatic N) is 4. The number of halogens is 2. The maximum Gasteiger partial charge on any atom is 0.453 e. The molecule has 0 radical (unpaired) electrons. The van der Waals surface area contributed by atoms with Crippen LogP contribution in [0.15, 0.2) is 15.0 Å². The van der Waals surface area contributed by atoms with Crippen molar-refractivity contribution in [3.05, 3.63) is 0 Å². The number of ether oxygens (including phenoxy) is 1. The summed E-state index contributed by atoms with van der Waals surface area (Å²) in [4.78, 5) is 11.5. The number of amidine groups is 2. The zero-order valence-corrected chi connectivity index (χ0v) is 10.3. The van der Waals surface area contributed by atoms with Crippen LogP contribution >= 0.6 is 0 Å². The van der Waals surface area contributed by atoms with Crippen molar-refractivity contribution in [1.82, 2.24) is 4.90 Å². The Kier molecular flexibility index (Phi) is 2.96. The number of nitrogens with two attached hydrogens (primary N) is 1. The molecule has 0 aromatic carbocycles. The van der Waals surface area contributed by atoms with Crippen LogP contribution in [0.2, 0.25) is 0 Å². The lowest BCUT2D eigenvalue weighted by Gasteiger charge is -2.27. The minimum absolute atomic E-state index is 0.0377. The van der Waals surface area contributed by atoms with Gasteiger partial charge in [0.25, 0.3) is 0 Å². The number of aliphatic hydroxyl groups is 2. The number of fused-ring (bicyclic) bond motifs is 1. The Morgan fingerprint density at radius 2 is 2.20 bits per heavy atom. The van der Waals surface area contributed by atoms with E-state index in [9.17, 15) is 13.9 Å². The molecule has 0 aromatic heterocycles. The smallest absolute Gasteiger partial charge is 0.394 e. The van der Waals surface area contributed by atoms with Gasteiger partial charge in [0.1, 0.15) is 24.7 Å². The fraction of sp³-hybridized carbons (Fsp3) is 0.700. The van der Waals surface area contributed by atoms with E-state index in [1.807, 2.05) is 0 Å². The Bertz CT molecular complexity index is 521. The second-order valence-electron chi connectivity index (χ2n) is 4.67. The Labute approximate surface area is 112 Å². The predicted molar refractivity (Wildman–Crippen MR) is 64.5 cm³/mol. The second-order valence-corrected chi connectivity index (χ2v) is 4.67. The number of aliphatic hydroxyl groups excluding tert-OH is 2. The Morgan fingerprint density at radius 1 is 1.45 bits per heavy atom. The van der Waals surface area contributed by atoms with Crippen LogP contribution in [-0.2, 0) is 4.74 Å². The zero-order valence-electron chi connectivity index (χ0n) is 10.3. The van der Waals surface area contributed by atoms with Gasteiger partial charge in [-0.05, 0) is 0 Å². The van der Waals surface area contributed by atoms with Crippen molar-refractivity contribution in [2.45, 2.75) is 31.0 Å². The van der Waals surface area contributed by atoms with Crippen LogP contribution in [0.1, 0.15) is 6.42 Å². The van der Waals surface area contributed by atoms with E-state index in [1.54, 1.807) is 0 Å². The van der Waals surface area contributed by atoms with Crippen molar-refractivity contribution in [3.8, 4) is 0 Å². The van der Waals surface area contributed by atoms with E-state index in [4.69, 9.17) is 15.6 Å². The lowest BCUT2D eigenvalue weighted by molar-refractivity contribution is -0.0571. The minimum atomic E-state index is -3.63. The summed E-state index contributed by atoms with van der Waals surface area (Å²) >= 11 is 0. The van der Waals surface area contributed by atoms with Gasteiger partial charge in [0.2, 0.25) is 0 Å². The van der Waals surface area contributed by atoms with Crippen molar-refractivity contribution in [2.75, 3.05) is 13.3 Å². The molecule has 3 rings (SSSR count). The van der Waals surface area contributed by atoms with Crippen LogP contribution in [-0.4, -0.2) is 70.4 Å². The summed E-state index contributed by atoms with van der Waals surface area (Å²) in [6.07, 6.45) is -5.78. The van der Waals surface area contributed by atoms with Gasteiger partial charge in [-0.15, -0.1) is 0 Å². The van der Waals surface area contributed by atoms with E-state index in [0.717, 1.165) is 0 Å². The normalized spacial score (nSPS) is 35.5. The third kappa shape index (κ3) is 2.05. The molecule has 10 heteroatoms. The molecule has 3 aliphatic heterocycles. The first-order chi connectivity index (χ1) is 9.41. The number of hydrogen-bond acceptors (Lipinski definition) is 8. The molecular weight excluding hydrogens is 276 g/mol. The molecule has 0 saturated carbocycles. The average Bonchev–Trinajstić information content (AvgIpc) is 2.91. The maximum absolute atomic E-state index is 13.3. The highest BCUT2D eigenvalue weighted by atomic mass is 19.3. The van der Waals surface area contributed by atoms with Gasteiger partial charge >= 0.3 is 6.17 Å². The van der Waals surface area contributed by atoms with E-state index < -0.39 is 24.6 Å². The first-order valence-corrected chi connectivity index (χ1v) is 6.00. The van der Waals surface area contributed by atoms with Gasteiger partial charge in [-0.2, -0.15) is 18.8 Å². The third-order valence-electron chi connectivity index (χ3n) is 3.33. The summed E-state index contributed by atoms with van der Waals surface area (Å²) in [5, 5.41) is 18.7. The summed E-state index contributed by atoms with van der Waals surface area (Å²) in [6, 6.07) is 0. The van der Waals surface area contributed by atoms with Crippen LogP contribution in [0.4, 0.5) is 8.78 Å². The first-order valence-electron chi connectivity index (χ1n) is 6.00. The van der Waals surface area contributed by atoms with Crippen molar-refractivity contribution >= 4 is 17.4 Å². The van der Waals surface area contributed by atoms with E-state index in [-0.39, 0.29) is 37.1 Å². The number of hydrogen-bond donors (Lipinski definition) is 3. The molecule has 3 aliphatic rings. The molecule has 0 bridgehead atoms. The molecule has 0 spiro atoms. The average molecular weight is 289 g/mol. The number of aliphatic imine (C=N–C) groups is 3. The molecule has 1 fully saturated rings. The molecule has 0 aliphatic carbocycles. The van der Waals surface area contributed by atoms with Crippen molar-refractivity contribution in [1.29, 1.82) is 0 Å². The molecule has 20 heavy (non-hydrogen) atoms. The van der Waals surface area contributed by atoms with Crippen LogP contribution in [0.25, 0.3) is 0 Å². The van der Waals surface area contributed by atoms with Gasteiger partial charge in [0.05, 0.1) is 12.7 Å². The Morgan fingerprint density at radius 3 is 2.85 bits per heavy atom. The topological polar surface area (TPSA) is 116 Å². The maximum atomic E-state index is 13.3. The van der Waals surface area contributed by atoms with Crippen molar-refractivity contribution in [2.24, 2.45) is 20.7 Å². The SMILES string of the molecule is NC1=NC(F)(F)N=C2C1=NCN2[C@H]1C[C@H](O)[C@@H](CO)O1. The standard InChI is InChI=1S/C10H13F2N5O3/c11-10(12)15-8(13)7-9(16-10)17(3-14-7)6-1-4(19)5(2-18)20-6/h4-6,18-19H,1-3H2,(H2,13,15)/t4-,5+,6+/m0/s1. The molecule has 3 atom stereocenters. The summed E-state index contributed by atoms with van der Waals surface area (Å²) in [5.41, 5.74) is 5.54. The monoisotopic (exact) mass is 289 g/mol. The third-order valence-corrected chi connectivity index (χ3v) is 3.33. The van der Waals surface area contributed by atoms with Gasteiger partial charge in [-0.3, -0.25) is 4.99 Å². The summed E-state index contributed by atoms with van der Waals surface area (Å²) in [5.74, 6) is -0.474. The second kappa shape index (κ2) is 4.43. The minimum Gasteiger partial charge on any atom is -0.394 e. The van der Waals surface area contributed by atoms with Gasteiger partial charge in [0, 0.05) is 6.42 Å². The summed E-state index contributed by atoms with van der Waals surface area (Å²) in [6.45, 7) is -0.318. The molecular formula is C10H13F2N5O3. The largest absolute Gasteiger partial charge is 0.453 e. The van der Waals surface area contributed by atoms with Crippen LogP contribution in [0.3, 0.4) is 0 Å². The summed E-state index contributed by atoms with van der Waals surface area (Å²) in [7, 11) is 0. The molecule has 0 unspecified atom stereocenters. The van der Waals surface area contributed by atoms with Crippen LogP contribution in [0, 0.1) is 0 Å². The molecule has 8 nitrogen and oxygen atoms in total. The lowest BCUT2D eigenvalue weighted by Crippen LogP contribution is -2.46. The van der Waals surface area contributed by atoms with Gasteiger partial charge in [-0.25, -0.2) is 0 Å². The number of alkyl halides is 2. The fourth-order valence-electron chi connectivity index (χ4n) is 2.38. The summed E-state index contributed by atoms with van der Waals surface area (Å²) < 4.78 is 32.0. The lowest BCUT2D eigenvalue weighted by atomic mass is 10.2. The van der Waals surface area contributed by atoms with Gasteiger partial charge < -0.3 is 25.6 Å². The first kappa shape index (κ1) is 13.3. The molecule has 0 aromatic rings. The van der Waals surface area contributed by atoms with E-state index in [1.165, 1.54) is 4.90 Å². The zero-order chi connectivity index (χ0) is 14.5. The van der Waals surface area contributed by atoms with E-state index in [2.05, 4.69) is 15.0 Å². The molecule has 0 amide bonds. The van der Waals surface area contributed by atoms with E-state index in [0.29, 0.717) is 0 Å². The fourth-order valence-corrected chi connectivity index (χ4v) is 2.38. The van der Waals surface area contributed by atoms with Crippen molar-refractivity contribution < 1.29 is 23.7 Å².